The molecule has 118 heavy (non-hydrogen) atoms. The van der Waals surface area contributed by atoms with Crippen LogP contribution in [0.5, 0.6) is 0 Å². The van der Waals surface area contributed by atoms with Crippen LogP contribution in [-0.2, 0) is 0 Å². The van der Waals surface area contributed by atoms with E-state index in [2.05, 4.69) is 363 Å². The predicted octanol–water partition coefficient (Wildman–Crippen LogP) is 39.3. The molecule has 0 heteroatoms. The monoisotopic (exact) mass is 1560 g/mol. The van der Waals surface area contributed by atoms with E-state index < -0.39 is 0 Å². The first-order valence-electron chi connectivity index (χ1n) is 44.9. The summed E-state index contributed by atoms with van der Waals surface area (Å²) in [7, 11) is 0. The lowest BCUT2D eigenvalue weighted by Gasteiger charge is -2.12. The summed E-state index contributed by atoms with van der Waals surface area (Å²) < 4.78 is 0. The Bertz CT molecular complexity index is 5950. The van der Waals surface area contributed by atoms with Crippen LogP contribution in [0.2, 0.25) is 0 Å². The van der Waals surface area contributed by atoms with Gasteiger partial charge in [-0.1, -0.05) is 505 Å². The summed E-state index contributed by atoms with van der Waals surface area (Å²) in [5.41, 5.74) is 10.6. The average Bonchev–Trinajstić information content (AvgIpc) is 0.740. The van der Waals surface area contributed by atoms with Crippen molar-refractivity contribution in [2.75, 3.05) is 0 Å². The van der Waals surface area contributed by atoms with Crippen LogP contribution in [0.1, 0.15) is 200 Å². The lowest BCUT2D eigenvalue weighted by atomic mass is 9.92. The summed E-state index contributed by atoms with van der Waals surface area (Å²) in [6.45, 7) is 60.9. The maximum Gasteiger partial charge on any atom is -0.00241 e. The summed E-state index contributed by atoms with van der Waals surface area (Å²) in [6, 6.07) is 118. The van der Waals surface area contributed by atoms with Gasteiger partial charge in [0.1, 0.15) is 0 Å². The van der Waals surface area contributed by atoms with E-state index in [4.69, 9.17) is 0 Å². The molecule has 20 aromatic carbocycles. The molecule has 0 amide bonds. The van der Waals surface area contributed by atoms with Gasteiger partial charge in [0.2, 0.25) is 0 Å². The Labute approximate surface area is 715 Å². The number of fused-ring (bicyclic) bond motifs is 6. The Morgan fingerprint density at radius 1 is 0.119 bits per heavy atom. The van der Waals surface area contributed by atoms with Gasteiger partial charge >= 0.3 is 0 Å². The van der Waals surface area contributed by atoms with Crippen LogP contribution in [0, 0.1) is 41.5 Å². The number of aryl methyl sites for hydroxylation is 6. The molecule has 0 atom stereocenters. The zero-order valence-electron chi connectivity index (χ0n) is 78.2. The molecule has 0 bridgehead atoms. The molecule has 0 aliphatic heterocycles. The van der Waals surface area contributed by atoms with Crippen molar-refractivity contribution in [2.24, 2.45) is 0 Å². The highest BCUT2D eigenvalue weighted by Crippen LogP contribution is 2.39. The van der Waals surface area contributed by atoms with Gasteiger partial charge in [0.25, 0.3) is 0 Å². The smallest absolute Gasteiger partial charge is 0.00241 e. The summed E-state index contributed by atoms with van der Waals surface area (Å²) >= 11 is 0. The van der Waals surface area contributed by atoms with Crippen molar-refractivity contribution in [2.45, 2.75) is 208 Å². The number of benzene rings is 20. The minimum atomic E-state index is 1.28. The molecular weight excluding hydrogens is 1420 g/mol. The van der Waals surface area contributed by atoms with Crippen molar-refractivity contribution in [1.29, 1.82) is 0 Å². The summed E-state index contributed by atoms with van der Waals surface area (Å²) in [6.07, 6.45) is 0. The molecule has 0 aromatic heterocycles. The Morgan fingerprint density at radius 3 is 0.873 bits per heavy atom. The molecule has 0 aliphatic rings. The minimum Gasteiger partial charge on any atom is -0.0683 e. The molecule has 0 saturated heterocycles. The van der Waals surface area contributed by atoms with Gasteiger partial charge in [0, 0.05) is 0 Å². The first-order chi connectivity index (χ1) is 58.1. The van der Waals surface area contributed by atoms with Crippen LogP contribution >= 0.6 is 0 Å². The third-order valence-corrected chi connectivity index (χ3v) is 19.1. The first-order valence-corrected chi connectivity index (χ1v) is 44.9. The lowest BCUT2D eigenvalue weighted by Crippen LogP contribution is -1.85. The molecule has 0 heterocycles. The second kappa shape index (κ2) is 55.2. The van der Waals surface area contributed by atoms with E-state index in [1.165, 1.54) is 185 Å². The predicted molar refractivity (Wildman–Crippen MR) is 550 cm³/mol. The number of hydrogen-bond donors (Lipinski definition) is 0. The zero-order valence-corrected chi connectivity index (χ0v) is 78.2. The standard InChI is InChI=1S/3C17H12.2C15H12.C13H12.12C2H6/c1-11-10-14-6-2-4-12-8-9-13-5-3-7-15(11)17(13)16(12)14;1-11-9-14-7-5-12-3-2-4-13-6-8-15(10-11)17(14)16(12)13;1-11-5-6-14-8-7-12-3-2-4-13-9-10-15(11)17(14)16(12)13;1-11-5-4-8-15-13(11)10-9-12-6-2-3-7-14(12)15;1-11-6-9-15-13(10-11)8-7-12-4-2-3-5-14(12)15;1-11-7-9-13(10-8-11)12-5-3-2-4-6-12;12*1-2/h3*2-10H,1H3;2*2-10H,1H3;2-10H,1H3;12*1-2H3. The van der Waals surface area contributed by atoms with E-state index in [9.17, 15) is 0 Å². The van der Waals surface area contributed by atoms with Crippen molar-refractivity contribution in [3.8, 4) is 11.1 Å². The van der Waals surface area contributed by atoms with E-state index in [0.717, 1.165) is 0 Å². The van der Waals surface area contributed by atoms with Gasteiger partial charge in [-0.25, -0.2) is 0 Å². The van der Waals surface area contributed by atoms with Gasteiger partial charge in [-0.15, -0.1) is 0 Å². The molecule has 0 radical (unpaired) electrons. The molecule has 0 unspecified atom stereocenters. The van der Waals surface area contributed by atoms with Gasteiger partial charge < -0.3 is 0 Å². The Kier molecular flexibility index (Phi) is 47.2. The van der Waals surface area contributed by atoms with Gasteiger partial charge in [-0.05, 0) is 215 Å². The molecule has 0 fully saturated rings. The normalized spacial score (nSPS) is 9.61. The SMILES string of the molecule is CC.CC.CC.CC.CC.CC.CC.CC.CC.CC.CC.CC.Cc1cc2ccc3cccc4ccc(c1)c2c34.Cc1cc2cccc3ccc4cccc1c4c32.Cc1ccc(-c2ccccc2)cc1.Cc1ccc2c(ccc3ccccc32)c1.Cc1ccc2ccc3cccc4ccc1c2c34.Cc1cccc2c1ccc1ccccc12. The third kappa shape index (κ3) is 25.1. The van der Waals surface area contributed by atoms with Crippen molar-refractivity contribution in [1.82, 2.24) is 0 Å². The fourth-order valence-electron chi connectivity index (χ4n) is 14.4. The minimum absolute atomic E-state index is 1.28. The average molecular weight is 1560 g/mol. The van der Waals surface area contributed by atoms with Gasteiger partial charge in [-0.3, -0.25) is 0 Å². The number of hydrogen-bond acceptors (Lipinski definition) is 0. The molecule has 0 N–H and O–H groups in total. The highest BCUT2D eigenvalue weighted by molar-refractivity contribution is 6.26. The van der Waals surface area contributed by atoms with Crippen molar-refractivity contribution in [3.63, 3.8) is 0 Å². The maximum atomic E-state index is 2.30. The Morgan fingerprint density at radius 2 is 0.373 bits per heavy atom. The molecule has 20 aromatic rings. The summed E-state index contributed by atoms with van der Waals surface area (Å²) in [5.74, 6) is 0. The molecule has 616 valence electrons. The second-order valence-electron chi connectivity index (χ2n) is 25.5. The van der Waals surface area contributed by atoms with E-state index in [1.54, 1.807) is 0 Å². The topological polar surface area (TPSA) is 0 Å². The molecule has 20 rings (SSSR count). The Hall–Kier alpha value is -11.4. The zero-order chi connectivity index (χ0) is 87.8. The van der Waals surface area contributed by atoms with Crippen LogP contribution < -0.4 is 0 Å². The quantitative estimate of drug-likeness (QED) is 0.144. The molecule has 0 saturated carbocycles. The highest BCUT2D eigenvalue weighted by atomic mass is 14.2. The molecule has 0 nitrogen and oxygen atoms in total. The fraction of sp³-hybridized carbons (Fsp3) is 0.254. The number of rotatable bonds is 1. The van der Waals surface area contributed by atoms with Crippen LogP contribution in [-0.4, -0.2) is 0 Å². The second-order valence-corrected chi connectivity index (χ2v) is 25.5. The van der Waals surface area contributed by atoms with Crippen molar-refractivity contribution >= 4 is 140 Å². The van der Waals surface area contributed by atoms with Crippen LogP contribution in [0.3, 0.4) is 0 Å². The Balaban J connectivity index is 0.000000348. The van der Waals surface area contributed by atoms with E-state index in [-0.39, 0.29) is 0 Å². The van der Waals surface area contributed by atoms with E-state index in [1.807, 2.05) is 172 Å². The maximum absolute atomic E-state index is 2.30. The van der Waals surface area contributed by atoms with Gasteiger partial charge in [0.15, 0.2) is 0 Å². The van der Waals surface area contributed by atoms with Crippen LogP contribution in [0.25, 0.3) is 151 Å². The van der Waals surface area contributed by atoms with Crippen molar-refractivity contribution in [3.05, 3.63) is 361 Å². The van der Waals surface area contributed by atoms with E-state index >= 15 is 0 Å². The van der Waals surface area contributed by atoms with E-state index in [0.29, 0.717) is 0 Å². The van der Waals surface area contributed by atoms with Crippen LogP contribution in [0.15, 0.2) is 328 Å². The van der Waals surface area contributed by atoms with Crippen molar-refractivity contribution < 1.29 is 0 Å². The molecule has 0 spiro atoms. The largest absolute Gasteiger partial charge is 0.0683 e. The highest BCUT2D eigenvalue weighted by Gasteiger charge is 2.12. The first kappa shape index (κ1) is 101. The third-order valence-electron chi connectivity index (χ3n) is 19.1. The molecule has 0 aliphatic carbocycles. The molecular formula is C118H144. The van der Waals surface area contributed by atoms with Gasteiger partial charge in [0.05, 0.1) is 0 Å². The summed E-state index contributed by atoms with van der Waals surface area (Å²) in [4.78, 5) is 0. The summed E-state index contributed by atoms with van der Waals surface area (Å²) in [5, 5.41) is 35.4. The lowest BCUT2D eigenvalue weighted by molar-refractivity contribution is 1.47. The fourth-order valence-corrected chi connectivity index (χ4v) is 14.4. The van der Waals surface area contributed by atoms with Crippen LogP contribution in [0.4, 0.5) is 0 Å². The van der Waals surface area contributed by atoms with Gasteiger partial charge in [-0.2, -0.15) is 0 Å².